The van der Waals surface area contributed by atoms with Crippen molar-refractivity contribution in [2.75, 3.05) is 6.61 Å². The van der Waals surface area contributed by atoms with Crippen LogP contribution >= 0.6 is 27.5 Å². The Labute approximate surface area is 137 Å². The summed E-state index contributed by atoms with van der Waals surface area (Å²) in [4.78, 5) is 0. The molecule has 112 valence electrons. The summed E-state index contributed by atoms with van der Waals surface area (Å²) >= 11 is 9.21. The van der Waals surface area contributed by atoms with Gasteiger partial charge in [-0.1, -0.05) is 30.7 Å². The summed E-state index contributed by atoms with van der Waals surface area (Å²) in [6.07, 6.45) is 0.934. The lowest BCUT2D eigenvalue weighted by Gasteiger charge is -2.15. The fourth-order valence-corrected chi connectivity index (χ4v) is 2.64. The minimum absolute atomic E-state index is 0.355. The molecule has 2 aromatic rings. The van der Waals surface area contributed by atoms with Gasteiger partial charge >= 0.3 is 0 Å². The summed E-state index contributed by atoms with van der Waals surface area (Å²) in [6, 6.07) is 9.48. The van der Waals surface area contributed by atoms with Crippen molar-refractivity contribution < 1.29 is 9.13 Å². The molecule has 0 saturated carbocycles. The molecule has 1 unspecified atom stereocenters. The van der Waals surface area contributed by atoms with Crippen LogP contribution in [0.3, 0.4) is 0 Å². The van der Waals surface area contributed by atoms with Crippen molar-refractivity contribution in [3.05, 3.63) is 62.8 Å². The summed E-state index contributed by atoms with van der Waals surface area (Å²) in [5, 5.41) is 0.355. The van der Waals surface area contributed by atoms with Crippen LogP contribution in [0.2, 0.25) is 5.02 Å². The van der Waals surface area contributed by atoms with Crippen LogP contribution in [0.25, 0.3) is 0 Å². The molecular weight excluding hydrogens is 357 g/mol. The van der Waals surface area contributed by atoms with Crippen LogP contribution in [0.15, 0.2) is 40.9 Å². The van der Waals surface area contributed by atoms with Crippen molar-refractivity contribution in [2.45, 2.75) is 19.4 Å². The Hall–Kier alpha value is -1.10. The zero-order chi connectivity index (χ0) is 15.4. The second-order valence-electron chi connectivity index (χ2n) is 4.68. The number of halogens is 3. The van der Waals surface area contributed by atoms with Crippen LogP contribution in [0.5, 0.6) is 5.75 Å². The monoisotopic (exact) mass is 371 g/mol. The second kappa shape index (κ2) is 7.25. The highest BCUT2D eigenvalue weighted by Crippen LogP contribution is 2.31. The van der Waals surface area contributed by atoms with Gasteiger partial charge < -0.3 is 10.5 Å². The molecular formula is C16H16BrClFNO. The molecule has 2 aromatic carbocycles. The Morgan fingerprint density at radius 3 is 2.67 bits per heavy atom. The maximum absolute atomic E-state index is 13.9. The second-order valence-corrected chi connectivity index (χ2v) is 5.97. The van der Waals surface area contributed by atoms with E-state index in [1.807, 2.05) is 25.1 Å². The van der Waals surface area contributed by atoms with Crippen LogP contribution < -0.4 is 10.5 Å². The van der Waals surface area contributed by atoms with E-state index in [9.17, 15) is 4.39 Å². The predicted molar refractivity (Wildman–Crippen MR) is 87.4 cm³/mol. The van der Waals surface area contributed by atoms with Gasteiger partial charge in [-0.3, -0.25) is 0 Å². The maximum atomic E-state index is 13.9. The highest BCUT2D eigenvalue weighted by atomic mass is 79.9. The summed E-state index contributed by atoms with van der Waals surface area (Å²) in [5.41, 5.74) is 7.35. The summed E-state index contributed by atoms with van der Waals surface area (Å²) in [5.74, 6) is 0.349. The highest BCUT2D eigenvalue weighted by molar-refractivity contribution is 9.10. The summed E-state index contributed by atoms with van der Waals surface area (Å²) in [7, 11) is 0. The molecule has 0 spiro atoms. The number of rotatable bonds is 5. The highest BCUT2D eigenvalue weighted by Gasteiger charge is 2.15. The lowest BCUT2D eigenvalue weighted by molar-refractivity contribution is 0.315. The van der Waals surface area contributed by atoms with Gasteiger partial charge in [0.15, 0.2) is 0 Å². The van der Waals surface area contributed by atoms with Gasteiger partial charge in [-0.2, -0.15) is 0 Å². The van der Waals surface area contributed by atoms with E-state index in [1.54, 1.807) is 12.1 Å². The Morgan fingerprint density at radius 1 is 1.29 bits per heavy atom. The van der Waals surface area contributed by atoms with Crippen molar-refractivity contribution in [1.29, 1.82) is 0 Å². The van der Waals surface area contributed by atoms with Crippen molar-refractivity contribution in [2.24, 2.45) is 5.73 Å². The normalized spacial score (nSPS) is 12.2. The third kappa shape index (κ3) is 3.96. The van der Waals surface area contributed by atoms with Crippen molar-refractivity contribution >= 4 is 27.5 Å². The first-order valence-electron chi connectivity index (χ1n) is 6.65. The largest absolute Gasteiger partial charge is 0.492 e. The number of ether oxygens (including phenoxy) is 1. The van der Waals surface area contributed by atoms with Gasteiger partial charge in [0.25, 0.3) is 0 Å². The molecule has 5 heteroatoms. The first-order chi connectivity index (χ1) is 10.0. The van der Waals surface area contributed by atoms with Gasteiger partial charge in [-0.25, -0.2) is 4.39 Å². The molecule has 0 amide bonds. The van der Waals surface area contributed by atoms with E-state index in [-0.39, 0.29) is 0 Å². The van der Waals surface area contributed by atoms with Crippen molar-refractivity contribution in [3.8, 4) is 5.75 Å². The van der Waals surface area contributed by atoms with Gasteiger partial charge in [-0.15, -0.1) is 0 Å². The predicted octanol–water partition coefficient (Wildman–Crippen LogP) is 5.08. The zero-order valence-corrected chi connectivity index (χ0v) is 13.9. The van der Waals surface area contributed by atoms with E-state index in [1.165, 1.54) is 6.07 Å². The summed E-state index contributed by atoms with van der Waals surface area (Å²) < 4.78 is 20.3. The maximum Gasteiger partial charge on any atom is 0.133 e. The van der Waals surface area contributed by atoms with Gasteiger partial charge in [0.05, 0.1) is 17.1 Å². The van der Waals surface area contributed by atoms with E-state index in [0.717, 1.165) is 22.2 Å². The minimum atomic E-state index is -0.557. The molecule has 0 radical (unpaired) electrons. The number of hydrogen-bond acceptors (Lipinski definition) is 2. The fraction of sp³-hybridized carbons (Fsp3) is 0.250. The Bertz CT molecular complexity index is 636. The topological polar surface area (TPSA) is 35.2 Å². The lowest BCUT2D eigenvalue weighted by atomic mass is 9.99. The zero-order valence-electron chi connectivity index (χ0n) is 11.6. The van der Waals surface area contributed by atoms with Crippen LogP contribution in [0.1, 0.15) is 30.5 Å². The molecule has 0 aliphatic rings. The number of benzene rings is 2. The van der Waals surface area contributed by atoms with Gasteiger partial charge in [0, 0.05) is 10.6 Å². The minimum Gasteiger partial charge on any atom is -0.492 e. The lowest BCUT2D eigenvalue weighted by Crippen LogP contribution is -2.13. The third-order valence-corrected chi connectivity index (χ3v) is 3.93. The SMILES string of the molecule is CCCOc1ccc(C(N)c2ccc(Cl)cc2F)cc1Br. The molecule has 0 heterocycles. The van der Waals surface area contributed by atoms with Gasteiger partial charge in [0.1, 0.15) is 11.6 Å². The molecule has 2 N–H and O–H groups in total. The Kier molecular flexibility index (Phi) is 5.62. The third-order valence-electron chi connectivity index (χ3n) is 3.07. The molecule has 0 bridgehead atoms. The quantitative estimate of drug-likeness (QED) is 0.794. The molecule has 0 aliphatic heterocycles. The first-order valence-corrected chi connectivity index (χ1v) is 7.82. The van der Waals surface area contributed by atoms with Crippen LogP contribution in [-0.2, 0) is 0 Å². The number of hydrogen-bond donors (Lipinski definition) is 1. The summed E-state index contributed by atoms with van der Waals surface area (Å²) in [6.45, 7) is 2.69. The van der Waals surface area contributed by atoms with E-state index in [2.05, 4.69) is 15.9 Å². The molecule has 1 atom stereocenters. The van der Waals surface area contributed by atoms with Gasteiger partial charge in [-0.05, 0) is 52.2 Å². The van der Waals surface area contributed by atoms with Crippen molar-refractivity contribution in [3.63, 3.8) is 0 Å². The van der Waals surface area contributed by atoms with Gasteiger partial charge in [0.2, 0.25) is 0 Å². The van der Waals surface area contributed by atoms with Crippen LogP contribution in [0, 0.1) is 5.82 Å². The first kappa shape index (κ1) is 16.3. The van der Waals surface area contributed by atoms with E-state index in [0.29, 0.717) is 17.2 Å². The number of nitrogens with two attached hydrogens (primary N) is 1. The van der Waals surface area contributed by atoms with Crippen LogP contribution in [0.4, 0.5) is 4.39 Å². The van der Waals surface area contributed by atoms with Crippen molar-refractivity contribution in [1.82, 2.24) is 0 Å². The molecule has 2 nitrogen and oxygen atoms in total. The van der Waals surface area contributed by atoms with E-state index < -0.39 is 11.9 Å². The van der Waals surface area contributed by atoms with E-state index in [4.69, 9.17) is 22.1 Å². The van der Waals surface area contributed by atoms with E-state index >= 15 is 0 Å². The standard InChI is InChI=1S/C16H16BrClFNO/c1-2-7-21-15-6-3-10(8-13(15)17)16(20)12-5-4-11(18)9-14(12)19/h3-6,8-9,16H,2,7,20H2,1H3. The molecule has 0 saturated heterocycles. The molecule has 2 rings (SSSR count). The Balaban J connectivity index is 2.27. The molecule has 0 aliphatic carbocycles. The average molecular weight is 373 g/mol. The fourth-order valence-electron chi connectivity index (χ4n) is 1.97. The van der Waals surface area contributed by atoms with Crippen LogP contribution in [-0.4, -0.2) is 6.61 Å². The molecule has 0 fully saturated rings. The average Bonchev–Trinajstić information content (AvgIpc) is 2.45. The molecule has 21 heavy (non-hydrogen) atoms. The Morgan fingerprint density at radius 2 is 2.05 bits per heavy atom. The molecule has 0 aromatic heterocycles. The smallest absolute Gasteiger partial charge is 0.133 e.